The van der Waals surface area contributed by atoms with Crippen molar-refractivity contribution in [2.45, 2.75) is 6.92 Å². The SMILES string of the molecule is COC(=O)c1csc(-c2ccc(OC)cc2)c1C. The molecule has 2 rings (SSSR count). The molecule has 0 N–H and O–H groups in total. The van der Waals surface area contributed by atoms with Gasteiger partial charge < -0.3 is 9.47 Å². The van der Waals surface area contributed by atoms with Crippen molar-refractivity contribution in [3.8, 4) is 16.2 Å². The quantitative estimate of drug-likeness (QED) is 0.794. The number of methoxy groups -OCH3 is 2. The van der Waals surface area contributed by atoms with Crippen molar-refractivity contribution in [2.75, 3.05) is 14.2 Å². The third-order valence-corrected chi connectivity index (χ3v) is 3.93. The first kappa shape index (κ1) is 12.6. The van der Waals surface area contributed by atoms with Gasteiger partial charge in [0, 0.05) is 10.3 Å². The molecule has 0 fully saturated rings. The monoisotopic (exact) mass is 262 g/mol. The molecule has 0 amide bonds. The molecule has 0 aliphatic carbocycles. The summed E-state index contributed by atoms with van der Waals surface area (Å²) in [7, 11) is 3.03. The van der Waals surface area contributed by atoms with Gasteiger partial charge in [-0.05, 0) is 42.3 Å². The first-order valence-electron chi connectivity index (χ1n) is 5.48. The summed E-state index contributed by atoms with van der Waals surface area (Å²) in [6, 6.07) is 7.79. The molecule has 1 aromatic heterocycles. The number of thiophene rings is 1. The Bertz CT molecular complexity index is 555. The van der Waals surface area contributed by atoms with Crippen LogP contribution >= 0.6 is 11.3 Å². The zero-order chi connectivity index (χ0) is 13.1. The van der Waals surface area contributed by atoms with E-state index >= 15 is 0 Å². The standard InChI is InChI=1S/C14H14O3S/c1-9-12(14(15)17-3)8-18-13(9)10-4-6-11(16-2)7-5-10/h4-8H,1-3H3. The molecule has 0 saturated heterocycles. The van der Waals surface area contributed by atoms with Crippen molar-refractivity contribution < 1.29 is 14.3 Å². The van der Waals surface area contributed by atoms with Crippen LogP contribution in [0.15, 0.2) is 29.6 Å². The van der Waals surface area contributed by atoms with Crippen molar-refractivity contribution in [1.82, 2.24) is 0 Å². The van der Waals surface area contributed by atoms with E-state index in [-0.39, 0.29) is 5.97 Å². The van der Waals surface area contributed by atoms with Crippen LogP contribution in [0.3, 0.4) is 0 Å². The van der Waals surface area contributed by atoms with E-state index < -0.39 is 0 Å². The van der Waals surface area contributed by atoms with Gasteiger partial charge in [-0.2, -0.15) is 0 Å². The number of benzene rings is 1. The number of hydrogen-bond acceptors (Lipinski definition) is 4. The van der Waals surface area contributed by atoms with Crippen LogP contribution in [-0.4, -0.2) is 20.2 Å². The van der Waals surface area contributed by atoms with Crippen LogP contribution in [0.5, 0.6) is 5.75 Å². The summed E-state index contributed by atoms with van der Waals surface area (Å²) in [6.07, 6.45) is 0. The van der Waals surface area contributed by atoms with Crippen molar-refractivity contribution in [3.63, 3.8) is 0 Å². The second-order valence-corrected chi connectivity index (χ2v) is 4.70. The molecule has 18 heavy (non-hydrogen) atoms. The highest BCUT2D eigenvalue weighted by molar-refractivity contribution is 7.14. The summed E-state index contributed by atoms with van der Waals surface area (Å²) in [5, 5.41) is 1.83. The number of ether oxygens (including phenoxy) is 2. The molecule has 2 aromatic rings. The molecule has 0 aliphatic heterocycles. The summed E-state index contributed by atoms with van der Waals surface area (Å²) in [4.78, 5) is 12.6. The fraction of sp³-hybridized carbons (Fsp3) is 0.214. The largest absolute Gasteiger partial charge is 0.497 e. The highest BCUT2D eigenvalue weighted by Crippen LogP contribution is 2.33. The Morgan fingerprint density at radius 2 is 1.83 bits per heavy atom. The fourth-order valence-corrected chi connectivity index (χ4v) is 2.82. The highest BCUT2D eigenvalue weighted by Gasteiger charge is 2.15. The lowest BCUT2D eigenvalue weighted by Crippen LogP contribution is -2.01. The lowest BCUT2D eigenvalue weighted by Gasteiger charge is -2.03. The number of carbonyl (C=O) groups excluding carboxylic acids is 1. The van der Waals surface area contributed by atoms with E-state index in [1.807, 2.05) is 36.6 Å². The Hall–Kier alpha value is -1.81. The molecule has 0 spiro atoms. The van der Waals surface area contributed by atoms with Crippen molar-refractivity contribution in [3.05, 3.63) is 40.8 Å². The van der Waals surface area contributed by atoms with Gasteiger partial charge >= 0.3 is 5.97 Å². The van der Waals surface area contributed by atoms with Gasteiger partial charge in [0.15, 0.2) is 0 Å². The maximum absolute atomic E-state index is 11.5. The predicted molar refractivity (Wildman–Crippen MR) is 72.4 cm³/mol. The van der Waals surface area contributed by atoms with Crippen LogP contribution in [0.4, 0.5) is 0 Å². The molecule has 4 heteroatoms. The molecule has 0 saturated carbocycles. The zero-order valence-corrected chi connectivity index (χ0v) is 11.3. The van der Waals surface area contributed by atoms with E-state index in [4.69, 9.17) is 9.47 Å². The number of hydrogen-bond donors (Lipinski definition) is 0. The second-order valence-electron chi connectivity index (χ2n) is 3.82. The highest BCUT2D eigenvalue weighted by atomic mass is 32.1. The lowest BCUT2D eigenvalue weighted by atomic mass is 10.1. The summed E-state index contributed by atoms with van der Waals surface area (Å²) in [5.74, 6) is 0.532. The summed E-state index contributed by atoms with van der Waals surface area (Å²) < 4.78 is 9.88. The third kappa shape index (κ3) is 2.24. The van der Waals surface area contributed by atoms with Crippen LogP contribution in [0.25, 0.3) is 10.4 Å². The average Bonchev–Trinajstić information content (AvgIpc) is 2.80. The maximum atomic E-state index is 11.5. The average molecular weight is 262 g/mol. The van der Waals surface area contributed by atoms with E-state index in [0.717, 1.165) is 21.8 Å². The lowest BCUT2D eigenvalue weighted by molar-refractivity contribution is 0.0600. The minimum absolute atomic E-state index is 0.288. The molecular formula is C14H14O3S. The maximum Gasteiger partial charge on any atom is 0.338 e. The Morgan fingerprint density at radius 1 is 1.17 bits per heavy atom. The first-order chi connectivity index (χ1) is 8.67. The predicted octanol–water partition coefficient (Wildman–Crippen LogP) is 3.52. The van der Waals surface area contributed by atoms with E-state index in [0.29, 0.717) is 5.56 Å². The molecule has 0 unspecified atom stereocenters. The van der Waals surface area contributed by atoms with Crippen molar-refractivity contribution in [1.29, 1.82) is 0 Å². The van der Waals surface area contributed by atoms with Crippen LogP contribution in [0, 0.1) is 6.92 Å². The third-order valence-electron chi connectivity index (χ3n) is 2.80. The van der Waals surface area contributed by atoms with Gasteiger partial charge in [-0.25, -0.2) is 4.79 Å². The van der Waals surface area contributed by atoms with Crippen LogP contribution in [0.1, 0.15) is 15.9 Å². The molecule has 3 nitrogen and oxygen atoms in total. The van der Waals surface area contributed by atoms with Gasteiger partial charge in [0.25, 0.3) is 0 Å². The smallest absolute Gasteiger partial charge is 0.338 e. The van der Waals surface area contributed by atoms with Crippen molar-refractivity contribution in [2.24, 2.45) is 0 Å². The van der Waals surface area contributed by atoms with Gasteiger partial charge in [0.05, 0.1) is 19.8 Å². The molecule has 0 atom stereocenters. The van der Waals surface area contributed by atoms with E-state index in [1.165, 1.54) is 7.11 Å². The molecule has 0 aliphatic rings. The summed E-state index contributed by atoms with van der Waals surface area (Å²) >= 11 is 1.54. The Kier molecular flexibility index (Phi) is 3.67. The summed E-state index contributed by atoms with van der Waals surface area (Å²) in [6.45, 7) is 1.93. The normalized spacial score (nSPS) is 10.2. The molecular weight excluding hydrogens is 248 g/mol. The Morgan fingerprint density at radius 3 is 2.39 bits per heavy atom. The minimum Gasteiger partial charge on any atom is -0.497 e. The fourth-order valence-electron chi connectivity index (χ4n) is 1.76. The molecule has 94 valence electrons. The molecule has 1 heterocycles. The number of rotatable bonds is 3. The summed E-state index contributed by atoms with van der Waals surface area (Å²) in [5.41, 5.74) is 2.67. The van der Waals surface area contributed by atoms with Crippen LogP contribution < -0.4 is 4.74 Å². The van der Waals surface area contributed by atoms with Crippen molar-refractivity contribution >= 4 is 17.3 Å². The van der Waals surface area contributed by atoms with Gasteiger partial charge in [0.2, 0.25) is 0 Å². The van der Waals surface area contributed by atoms with E-state index in [9.17, 15) is 4.79 Å². The Balaban J connectivity index is 2.39. The van der Waals surface area contributed by atoms with Gasteiger partial charge in [-0.15, -0.1) is 11.3 Å². The number of esters is 1. The minimum atomic E-state index is -0.288. The van der Waals surface area contributed by atoms with E-state index in [1.54, 1.807) is 18.4 Å². The van der Waals surface area contributed by atoms with E-state index in [2.05, 4.69) is 0 Å². The van der Waals surface area contributed by atoms with Crippen LogP contribution in [-0.2, 0) is 4.74 Å². The molecule has 1 aromatic carbocycles. The second kappa shape index (κ2) is 5.23. The zero-order valence-electron chi connectivity index (χ0n) is 10.5. The topological polar surface area (TPSA) is 35.5 Å². The number of carbonyl (C=O) groups is 1. The van der Waals surface area contributed by atoms with Gasteiger partial charge in [-0.1, -0.05) is 0 Å². The van der Waals surface area contributed by atoms with Gasteiger partial charge in [0.1, 0.15) is 5.75 Å². The first-order valence-corrected chi connectivity index (χ1v) is 6.36. The molecule has 0 bridgehead atoms. The van der Waals surface area contributed by atoms with Gasteiger partial charge in [-0.3, -0.25) is 0 Å². The van der Waals surface area contributed by atoms with Crippen LogP contribution in [0.2, 0.25) is 0 Å². The molecule has 0 radical (unpaired) electrons. The Labute approximate surface area is 110 Å².